The van der Waals surface area contributed by atoms with Crippen LogP contribution in [0.1, 0.15) is 68.9 Å². The van der Waals surface area contributed by atoms with E-state index in [1.165, 1.54) is 44.2 Å². The largest absolute Gasteiger partial charge is 0.203 e. The van der Waals surface area contributed by atoms with Crippen molar-refractivity contribution in [2.75, 3.05) is 0 Å². The molecule has 1 fully saturated rings. The predicted molar refractivity (Wildman–Crippen MR) is 157 cm³/mol. The Bertz CT molecular complexity index is 1380. The van der Waals surface area contributed by atoms with E-state index < -0.39 is 23.3 Å². The number of hydrogen-bond donors (Lipinski definition) is 0. The summed E-state index contributed by atoms with van der Waals surface area (Å²) in [5, 5.41) is 0. The maximum atomic E-state index is 15.3. The summed E-state index contributed by atoms with van der Waals surface area (Å²) in [6.07, 6.45) is 14.2. The van der Waals surface area contributed by atoms with E-state index in [0.29, 0.717) is 22.6 Å². The van der Waals surface area contributed by atoms with Crippen molar-refractivity contribution < 1.29 is 17.6 Å². The fourth-order valence-electron chi connectivity index (χ4n) is 6.65. The first kappa shape index (κ1) is 28.5. The first-order valence-corrected chi connectivity index (χ1v) is 14.5. The summed E-state index contributed by atoms with van der Waals surface area (Å²) in [7, 11) is 5.45. The molecule has 0 aromatic heterocycles. The van der Waals surface area contributed by atoms with Crippen LogP contribution in [0.25, 0.3) is 27.8 Å². The molecule has 0 nitrogen and oxygen atoms in total. The number of benzene rings is 3. The van der Waals surface area contributed by atoms with Gasteiger partial charge in [-0.1, -0.05) is 79.8 Å². The van der Waals surface area contributed by atoms with E-state index in [0.717, 1.165) is 43.1 Å². The highest BCUT2D eigenvalue weighted by molar-refractivity contribution is 6.08. The zero-order chi connectivity index (χ0) is 28.2. The van der Waals surface area contributed by atoms with E-state index in [-0.39, 0.29) is 23.0 Å². The van der Waals surface area contributed by atoms with Crippen LogP contribution in [0.5, 0.6) is 0 Å². The molecule has 3 aromatic carbocycles. The number of hydrogen-bond acceptors (Lipinski definition) is 0. The molecular weight excluding hydrogens is 507 g/mol. The molecule has 2 aliphatic carbocycles. The van der Waals surface area contributed by atoms with Gasteiger partial charge in [0.1, 0.15) is 0 Å². The Morgan fingerprint density at radius 3 is 1.85 bits per heavy atom. The standard InChI is InChI=1S/C35H35BF4/c1-2-3-4-22-5-7-23(8-6-22)24-9-11-25(12-10-24)30-19-20-31(35(40)34(30)39)27-15-13-26(14-16-27)29-18-17-28(21-36)32(37)33(29)38/h2,11,13-20,22-24H,1,3-10,12,21H2. The molecule has 1 atom stereocenters. The molecular formula is C35H35BF4. The first-order chi connectivity index (χ1) is 19.4. The average molecular weight is 542 g/mol. The van der Waals surface area contributed by atoms with E-state index in [1.54, 1.807) is 36.4 Å². The van der Waals surface area contributed by atoms with Crippen LogP contribution in [0, 0.1) is 41.0 Å². The smallest absolute Gasteiger partial charge is 0.167 e. The van der Waals surface area contributed by atoms with Gasteiger partial charge >= 0.3 is 0 Å². The van der Waals surface area contributed by atoms with Crippen LogP contribution in [0.4, 0.5) is 17.6 Å². The lowest BCUT2D eigenvalue weighted by molar-refractivity contribution is 0.190. The van der Waals surface area contributed by atoms with Crippen molar-refractivity contribution in [1.82, 2.24) is 0 Å². The summed E-state index contributed by atoms with van der Waals surface area (Å²) in [5.41, 5.74) is 2.45. The maximum absolute atomic E-state index is 15.3. The van der Waals surface area contributed by atoms with Crippen LogP contribution >= 0.6 is 0 Å². The molecule has 206 valence electrons. The second-order valence-corrected chi connectivity index (χ2v) is 11.4. The normalized spacial score (nSPS) is 21.2. The second kappa shape index (κ2) is 12.6. The van der Waals surface area contributed by atoms with Gasteiger partial charge in [0.25, 0.3) is 0 Å². The van der Waals surface area contributed by atoms with Crippen molar-refractivity contribution in [1.29, 1.82) is 0 Å². The number of allylic oxidation sites excluding steroid dienone is 3. The summed E-state index contributed by atoms with van der Waals surface area (Å²) in [5.74, 6) is -1.50. The van der Waals surface area contributed by atoms with Gasteiger partial charge in [-0.25, -0.2) is 17.6 Å². The highest BCUT2D eigenvalue weighted by atomic mass is 19.2. The third-order valence-corrected chi connectivity index (χ3v) is 9.11. The topological polar surface area (TPSA) is 0 Å². The van der Waals surface area contributed by atoms with E-state index >= 15 is 8.78 Å². The summed E-state index contributed by atoms with van der Waals surface area (Å²) in [6.45, 7) is 3.84. The van der Waals surface area contributed by atoms with Crippen LogP contribution in [0.15, 0.2) is 67.3 Å². The van der Waals surface area contributed by atoms with Crippen LogP contribution in [-0.2, 0) is 6.32 Å². The van der Waals surface area contributed by atoms with Crippen LogP contribution in [0.3, 0.4) is 0 Å². The van der Waals surface area contributed by atoms with Crippen LogP contribution in [-0.4, -0.2) is 7.85 Å². The fraction of sp³-hybridized carbons (Fsp3) is 0.371. The zero-order valence-corrected chi connectivity index (χ0v) is 22.9. The minimum atomic E-state index is -0.975. The minimum absolute atomic E-state index is 0.0894. The molecule has 0 bridgehead atoms. The Morgan fingerprint density at radius 1 is 0.700 bits per heavy atom. The Balaban J connectivity index is 1.28. The molecule has 1 saturated carbocycles. The Morgan fingerprint density at radius 2 is 1.27 bits per heavy atom. The Hall–Kier alpha value is -3.08. The second-order valence-electron chi connectivity index (χ2n) is 11.4. The van der Waals surface area contributed by atoms with Crippen molar-refractivity contribution in [2.45, 2.75) is 64.1 Å². The van der Waals surface area contributed by atoms with E-state index in [1.807, 2.05) is 6.08 Å². The molecule has 0 amide bonds. The molecule has 0 heterocycles. The molecule has 2 aliphatic rings. The molecule has 5 heteroatoms. The van der Waals surface area contributed by atoms with Gasteiger partial charge in [0.2, 0.25) is 0 Å². The number of halogens is 4. The number of rotatable bonds is 8. The first-order valence-electron chi connectivity index (χ1n) is 14.5. The highest BCUT2D eigenvalue weighted by Crippen LogP contribution is 2.43. The molecule has 0 N–H and O–H groups in total. The lowest BCUT2D eigenvalue weighted by atomic mass is 9.70. The molecule has 0 aliphatic heterocycles. The van der Waals surface area contributed by atoms with Gasteiger partial charge in [-0.15, -0.1) is 6.58 Å². The minimum Gasteiger partial charge on any atom is -0.203 e. The maximum Gasteiger partial charge on any atom is 0.167 e. The van der Waals surface area contributed by atoms with E-state index in [4.69, 9.17) is 7.85 Å². The van der Waals surface area contributed by atoms with Crippen molar-refractivity contribution in [3.63, 3.8) is 0 Å². The van der Waals surface area contributed by atoms with Crippen LogP contribution in [0.2, 0.25) is 0 Å². The monoisotopic (exact) mass is 542 g/mol. The molecule has 0 spiro atoms. The van der Waals surface area contributed by atoms with Gasteiger partial charge in [-0.05, 0) is 85.0 Å². The lowest BCUT2D eigenvalue weighted by Crippen LogP contribution is -2.23. The molecule has 40 heavy (non-hydrogen) atoms. The third-order valence-electron chi connectivity index (χ3n) is 9.11. The molecule has 5 rings (SSSR count). The van der Waals surface area contributed by atoms with Crippen molar-refractivity contribution in [2.24, 2.45) is 17.8 Å². The predicted octanol–water partition coefficient (Wildman–Crippen LogP) is 10.2. The van der Waals surface area contributed by atoms with Crippen molar-refractivity contribution >= 4 is 13.4 Å². The lowest BCUT2D eigenvalue weighted by Gasteiger charge is -2.35. The molecule has 0 saturated heterocycles. The summed E-state index contributed by atoms with van der Waals surface area (Å²) < 4.78 is 59.3. The third kappa shape index (κ3) is 5.85. The van der Waals surface area contributed by atoms with Gasteiger partial charge in [-0.2, -0.15) is 0 Å². The quantitative estimate of drug-likeness (QED) is 0.151. The molecule has 3 aromatic rings. The molecule has 2 radical (unpaired) electrons. The van der Waals surface area contributed by atoms with Gasteiger partial charge < -0.3 is 0 Å². The van der Waals surface area contributed by atoms with Crippen molar-refractivity contribution in [3.05, 3.63) is 102 Å². The molecule has 1 unspecified atom stereocenters. The zero-order valence-electron chi connectivity index (χ0n) is 22.9. The Kier molecular flexibility index (Phi) is 8.98. The van der Waals surface area contributed by atoms with Crippen LogP contribution < -0.4 is 0 Å². The van der Waals surface area contributed by atoms with E-state index in [2.05, 4.69) is 12.7 Å². The SMILES string of the molecule is [B]Cc1ccc(-c2ccc(-c3ccc(C4=CCC(C5CCC(CCC=C)CC5)CC4)c(F)c3F)cc2)c(F)c1F. The summed E-state index contributed by atoms with van der Waals surface area (Å²) >= 11 is 0. The summed E-state index contributed by atoms with van der Waals surface area (Å²) in [6, 6.07) is 12.6. The van der Waals surface area contributed by atoms with Gasteiger partial charge in [-0.3, -0.25) is 0 Å². The van der Waals surface area contributed by atoms with E-state index in [9.17, 15) is 8.78 Å². The fourth-order valence-corrected chi connectivity index (χ4v) is 6.65. The van der Waals surface area contributed by atoms with Gasteiger partial charge in [0, 0.05) is 16.7 Å². The summed E-state index contributed by atoms with van der Waals surface area (Å²) in [4.78, 5) is 0. The van der Waals surface area contributed by atoms with Gasteiger partial charge in [0.05, 0.1) is 7.85 Å². The Labute approximate surface area is 236 Å². The average Bonchev–Trinajstić information content (AvgIpc) is 2.99. The van der Waals surface area contributed by atoms with Gasteiger partial charge in [0.15, 0.2) is 23.3 Å². The van der Waals surface area contributed by atoms with Crippen molar-refractivity contribution in [3.8, 4) is 22.3 Å². The highest BCUT2D eigenvalue weighted by Gasteiger charge is 2.29.